The molecule has 0 aliphatic rings. The average molecular weight is 637 g/mol. The van der Waals surface area contributed by atoms with Crippen LogP contribution in [0.25, 0.3) is 107 Å². The summed E-state index contributed by atoms with van der Waals surface area (Å²) in [7, 11) is 0. The van der Waals surface area contributed by atoms with Crippen LogP contribution in [-0.4, -0.2) is 0 Å². The number of rotatable bonds is 2. The Labute approximate surface area is 287 Å². The fraction of sp³-hybridized carbons (Fsp3) is 0. The minimum absolute atomic E-state index is 1.24. The van der Waals surface area contributed by atoms with Crippen LogP contribution in [0.3, 0.4) is 0 Å². The smallest absolute Gasteiger partial charge is 0.0440 e. The normalized spacial score (nSPS) is 12.1. The molecule has 0 nitrogen and oxygen atoms in total. The zero-order chi connectivity index (χ0) is 32.1. The van der Waals surface area contributed by atoms with Crippen LogP contribution in [0.5, 0.6) is 0 Å². The summed E-state index contributed by atoms with van der Waals surface area (Å²) >= 11 is 1.91. The minimum atomic E-state index is 1.24. The van der Waals surface area contributed by atoms with Gasteiger partial charge in [0.2, 0.25) is 0 Å². The molecule has 226 valence electrons. The second-order valence-electron chi connectivity index (χ2n) is 13.3. The highest BCUT2D eigenvalue weighted by Gasteiger charge is 2.13. The molecule has 0 radical (unpaired) electrons. The lowest BCUT2D eigenvalue weighted by Gasteiger charge is -2.12. The Hall–Kier alpha value is -6.02. The Kier molecular flexibility index (Phi) is 5.64. The van der Waals surface area contributed by atoms with E-state index in [0.29, 0.717) is 0 Å². The second kappa shape index (κ2) is 10.2. The molecule has 10 aromatic carbocycles. The first-order chi connectivity index (χ1) is 24.2. The Morgan fingerprint density at radius 3 is 1.45 bits per heavy atom. The Morgan fingerprint density at radius 1 is 0.265 bits per heavy atom. The van der Waals surface area contributed by atoms with Gasteiger partial charge in [0.05, 0.1) is 0 Å². The van der Waals surface area contributed by atoms with Gasteiger partial charge in [0.1, 0.15) is 0 Å². The van der Waals surface area contributed by atoms with Gasteiger partial charge < -0.3 is 0 Å². The van der Waals surface area contributed by atoms with E-state index < -0.39 is 0 Å². The van der Waals surface area contributed by atoms with E-state index in [1.165, 1.54) is 107 Å². The van der Waals surface area contributed by atoms with Crippen LogP contribution >= 0.6 is 11.3 Å². The van der Waals surface area contributed by atoms with Crippen LogP contribution in [0.2, 0.25) is 0 Å². The van der Waals surface area contributed by atoms with Gasteiger partial charge in [-0.2, -0.15) is 0 Å². The molecule has 1 aromatic heterocycles. The molecule has 11 aromatic rings. The quantitative estimate of drug-likeness (QED) is 0.166. The largest absolute Gasteiger partial charge is 0.135 e. The van der Waals surface area contributed by atoms with Crippen molar-refractivity contribution in [2.75, 3.05) is 0 Å². The monoisotopic (exact) mass is 636 g/mol. The summed E-state index contributed by atoms with van der Waals surface area (Å²) in [5, 5.41) is 18.2. The average Bonchev–Trinajstić information content (AvgIpc) is 3.55. The van der Waals surface area contributed by atoms with Crippen molar-refractivity contribution in [1.82, 2.24) is 0 Å². The lowest BCUT2D eigenvalue weighted by atomic mass is 9.92. The predicted octanol–water partition coefficient (Wildman–Crippen LogP) is 14.3. The van der Waals surface area contributed by atoms with Crippen molar-refractivity contribution in [3.05, 3.63) is 170 Å². The van der Waals surface area contributed by atoms with Gasteiger partial charge in [-0.3, -0.25) is 0 Å². The Morgan fingerprint density at radius 2 is 0.735 bits per heavy atom. The summed E-state index contributed by atoms with van der Waals surface area (Å²) in [4.78, 5) is 0. The van der Waals surface area contributed by atoms with Gasteiger partial charge in [-0.1, -0.05) is 140 Å². The number of thiophene rings is 1. The first-order valence-corrected chi connectivity index (χ1v) is 17.7. The first-order valence-electron chi connectivity index (χ1n) is 16.9. The van der Waals surface area contributed by atoms with E-state index in [1.54, 1.807) is 0 Å². The molecule has 0 saturated heterocycles. The topological polar surface area (TPSA) is 0 Å². The van der Waals surface area contributed by atoms with E-state index >= 15 is 0 Å². The molecule has 0 bridgehead atoms. The van der Waals surface area contributed by atoms with Crippen molar-refractivity contribution in [3.63, 3.8) is 0 Å². The van der Waals surface area contributed by atoms with Gasteiger partial charge in [-0.25, -0.2) is 0 Å². The summed E-state index contributed by atoms with van der Waals surface area (Å²) in [6, 6.07) is 63.4. The summed E-state index contributed by atoms with van der Waals surface area (Å²) in [5.41, 5.74) is 4.98. The highest BCUT2D eigenvalue weighted by Crippen LogP contribution is 2.42. The van der Waals surface area contributed by atoms with Crippen LogP contribution < -0.4 is 0 Å². The number of benzene rings is 10. The highest BCUT2D eigenvalue weighted by atomic mass is 32.1. The molecule has 0 fully saturated rings. The maximum Gasteiger partial charge on any atom is 0.0440 e. The van der Waals surface area contributed by atoms with Gasteiger partial charge in [0.15, 0.2) is 0 Å². The molecule has 11 rings (SSSR count). The Bertz CT molecular complexity index is 3160. The fourth-order valence-corrected chi connectivity index (χ4v) is 9.36. The van der Waals surface area contributed by atoms with Crippen LogP contribution in [-0.2, 0) is 0 Å². The lowest BCUT2D eigenvalue weighted by molar-refractivity contribution is 1.68. The summed E-state index contributed by atoms with van der Waals surface area (Å²) in [5.74, 6) is 0. The lowest BCUT2D eigenvalue weighted by Crippen LogP contribution is -1.85. The van der Waals surface area contributed by atoms with Crippen molar-refractivity contribution < 1.29 is 0 Å². The molecule has 0 aliphatic heterocycles. The van der Waals surface area contributed by atoms with E-state index in [9.17, 15) is 0 Å². The highest BCUT2D eigenvalue weighted by molar-refractivity contribution is 7.26. The van der Waals surface area contributed by atoms with Gasteiger partial charge in [-0.05, 0) is 112 Å². The molecule has 1 heterocycles. The maximum atomic E-state index is 2.42. The minimum Gasteiger partial charge on any atom is -0.135 e. The SMILES string of the molecule is c1ccc2cc(-c3ccc4ccc5c6cc(-c7ccc8ccc9ccc%10c%11ccccc%11sc%10c9c8c7)ccc6ccc5c4c3)ccc2c1. The molecule has 0 N–H and O–H groups in total. The molecule has 0 atom stereocenters. The summed E-state index contributed by atoms with van der Waals surface area (Å²) in [6.45, 7) is 0. The molecule has 0 spiro atoms. The van der Waals surface area contributed by atoms with Crippen LogP contribution in [0, 0.1) is 0 Å². The number of hydrogen-bond acceptors (Lipinski definition) is 1. The van der Waals surface area contributed by atoms with Crippen molar-refractivity contribution in [2.24, 2.45) is 0 Å². The first kappa shape index (κ1) is 27.0. The fourth-order valence-electron chi connectivity index (χ4n) is 8.09. The van der Waals surface area contributed by atoms with E-state index in [1.807, 2.05) is 11.3 Å². The number of hydrogen-bond donors (Lipinski definition) is 0. The van der Waals surface area contributed by atoms with Crippen molar-refractivity contribution in [2.45, 2.75) is 0 Å². The van der Waals surface area contributed by atoms with E-state index in [4.69, 9.17) is 0 Å². The van der Waals surface area contributed by atoms with Gasteiger partial charge in [0.25, 0.3) is 0 Å². The van der Waals surface area contributed by atoms with Gasteiger partial charge in [0, 0.05) is 25.6 Å². The van der Waals surface area contributed by atoms with Crippen molar-refractivity contribution in [1.29, 1.82) is 0 Å². The van der Waals surface area contributed by atoms with Gasteiger partial charge in [-0.15, -0.1) is 11.3 Å². The van der Waals surface area contributed by atoms with Crippen molar-refractivity contribution in [3.8, 4) is 22.3 Å². The molecule has 1 heteroatoms. The van der Waals surface area contributed by atoms with Crippen LogP contribution in [0.1, 0.15) is 0 Å². The second-order valence-corrected chi connectivity index (χ2v) is 14.4. The molecule has 49 heavy (non-hydrogen) atoms. The Balaban J connectivity index is 1.10. The predicted molar refractivity (Wildman–Crippen MR) is 215 cm³/mol. The van der Waals surface area contributed by atoms with E-state index in [-0.39, 0.29) is 0 Å². The zero-order valence-electron chi connectivity index (χ0n) is 26.6. The van der Waals surface area contributed by atoms with E-state index in [2.05, 4.69) is 170 Å². The van der Waals surface area contributed by atoms with Gasteiger partial charge >= 0.3 is 0 Å². The molecular weight excluding hydrogens is 609 g/mol. The summed E-state index contributed by atoms with van der Waals surface area (Å²) in [6.07, 6.45) is 0. The summed E-state index contributed by atoms with van der Waals surface area (Å²) < 4.78 is 2.72. The third-order valence-electron chi connectivity index (χ3n) is 10.6. The molecular formula is C48H28S. The zero-order valence-corrected chi connectivity index (χ0v) is 27.4. The molecule has 0 aliphatic carbocycles. The third-order valence-corrected chi connectivity index (χ3v) is 11.8. The molecule has 0 unspecified atom stereocenters. The maximum absolute atomic E-state index is 2.42. The molecule has 0 amide bonds. The third kappa shape index (κ3) is 4.10. The number of fused-ring (bicyclic) bond motifs is 13. The standard InChI is InChI=1S/C48H28S/c1-2-6-34-25-35(15-9-29(34)5-1)36-16-11-30-19-23-40-39(43(30)26-36)22-20-31-12-17-37(27-44(31)40)38-18-13-32-10-14-33-21-24-42-41-7-3-4-8-46(41)49-48(42)47(33)45(32)28-38/h1-28H. The van der Waals surface area contributed by atoms with Crippen LogP contribution in [0.4, 0.5) is 0 Å². The van der Waals surface area contributed by atoms with Crippen LogP contribution in [0.15, 0.2) is 170 Å². The van der Waals surface area contributed by atoms with E-state index in [0.717, 1.165) is 0 Å². The van der Waals surface area contributed by atoms with Crippen molar-refractivity contribution >= 4 is 96.1 Å². The molecule has 0 saturated carbocycles.